The van der Waals surface area contributed by atoms with Gasteiger partial charge in [-0.2, -0.15) is 0 Å². The van der Waals surface area contributed by atoms with Crippen molar-refractivity contribution in [2.75, 3.05) is 0 Å². The molecule has 1 nitrogen and oxygen atoms in total. The van der Waals surface area contributed by atoms with Gasteiger partial charge in [0.2, 0.25) is 0 Å². The fourth-order valence-corrected chi connectivity index (χ4v) is 13.4. The average molecular weight is 910 g/mol. The zero-order valence-electron chi connectivity index (χ0n) is 39.3. The van der Waals surface area contributed by atoms with Crippen molar-refractivity contribution in [3.8, 4) is 61.3 Å². The van der Waals surface area contributed by atoms with Crippen LogP contribution in [0, 0.1) is 0 Å². The largest absolute Gasteiger partial charge is 0.309 e. The lowest BCUT2D eigenvalue weighted by atomic mass is 9.70. The van der Waals surface area contributed by atoms with Crippen LogP contribution in [-0.4, -0.2) is 4.57 Å². The van der Waals surface area contributed by atoms with E-state index in [9.17, 15) is 0 Å². The molecule has 0 radical (unpaired) electrons. The number of fused-ring (bicyclic) bond motifs is 18. The Kier molecular flexibility index (Phi) is 8.16. The molecule has 1 heteroatoms. The van der Waals surface area contributed by atoms with E-state index in [1.165, 1.54) is 148 Å². The highest BCUT2D eigenvalue weighted by Crippen LogP contribution is 2.64. The van der Waals surface area contributed by atoms with Crippen molar-refractivity contribution < 1.29 is 0 Å². The Balaban J connectivity index is 0.837. The van der Waals surface area contributed by atoms with E-state index in [0.29, 0.717) is 0 Å². The highest BCUT2D eigenvalue weighted by molar-refractivity contribution is 6.22. The third-order valence-electron chi connectivity index (χ3n) is 16.3. The summed E-state index contributed by atoms with van der Waals surface area (Å²) in [4.78, 5) is 0. The Morgan fingerprint density at radius 1 is 0.236 bits per heavy atom. The van der Waals surface area contributed by atoms with Crippen molar-refractivity contribution in [3.05, 3.63) is 283 Å². The summed E-state index contributed by atoms with van der Waals surface area (Å²) in [5, 5.41) is 12.6. The maximum atomic E-state index is 2.52. The molecule has 332 valence electrons. The molecule has 16 rings (SSSR count). The first-order valence-corrected chi connectivity index (χ1v) is 25.2. The van der Waals surface area contributed by atoms with Crippen molar-refractivity contribution in [3.63, 3.8) is 0 Å². The zero-order valence-corrected chi connectivity index (χ0v) is 39.3. The van der Waals surface area contributed by atoms with Gasteiger partial charge >= 0.3 is 0 Å². The SMILES string of the molecule is c1ccc(-n2c3ccccc3c3cc(-c4c5ccccc5c(-c5ccc(-c6ccc7cc8c(cc7c6)C6(c7ccccc7-c7ccccc76)c6ccc7ccccc7c6-8)cc5)c5ccccc45)ccc32)cc1. The Bertz CT molecular complexity index is 4510. The van der Waals surface area contributed by atoms with Gasteiger partial charge in [0.15, 0.2) is 0 Å². The molecular weight excluding hydrogens is 867 g/mol. The quantitative estimate of drug-likeness (QED) is 0.155. The van der Waals surface area contributed by atoms with Crippen LogP contribution in [-0.2, 0) is 5.41 Å². The van der Waals surface area contributed by atoms with E-state index >= 15 is 0 Å². The minimum absolute atomic E-state index is 0.412. The molecular formula is C71H43N. The summed E-state index contributed by atoms with van der Waals surface area (Å²) in [6.07, 6.45) is 0. The molecule has 0 atom stereocenters. The smallest absolute Gasteiger partial charge is 0.0725 e. The van der Waals surface area contributed by atoms with Crippen molar-refractivity contribution in [1.82, 2.24) is 4.57 Å². The fraction of sp³-hybridized carbons (Fsp3) is 0.0141. The molecule has 0 unspecified atom stereocenters. The van der Waals surface area contributed by atoms with E-state index in [4.69, 9.17) is 0 Å². The summed E-state index contributed by atoms with van der Waals surface area (Å²) < 4.78 is 2.39. The van der Waals surface area contributed by atoms with Crippen molar-refractivity contribution in [2.24, 2.45) is 0 Å². The molecule has 0 fully saturated rings. The van der Waals surface area contributed by atoms with E-state index in [2.05, 4.69) is 265 Å². The second-order valence-corrected chi connectivity index (χ2v) is 19.8. The van der Waals surface area contributed by atoms with Gasteiger partial charge in [0.05, 0.1) is 16.4 Å². The van der Waals surface area contributed by atoms with Gasteiger partial charge in [-0.25, -0.2) is 0 Å². The summed E-state index contributed by atoms with van der Waals surface area (Å²) in [5.41, 5.74) is 21.4. The summed E-state index contributed by atoms with van der Waals surface area (Å²) in [7, 11) is 0. The second-order valence-electron chi connectivity index (χ2n) is 19.8. The number of para-hydroxylation sites is 2. The van der Waals surface area contributed by atoms with Gasteiger partial charge < -0.3 is 4.57 Å². The van der Waals surface area contributed by atoms with Crippen LogP contribution in [0.3, 0.4) is 0 Å². The molecule has 2 aliphatic carbocycles. The van der Waals surface area contributed by atoms with Gasteiger partial charge in [-0.3, -0.25) is 0 Å². The number of benzene rings is 13. The summed E-state index contributed by atoms with van der Waals surface area (Å²) in [5.74, 6) is 0. The third-order valence-corrected chi connectivity index (χ3v) is 16.3. The maximum absolute atomic E-state index is 2.52. The molecule has 72 heavy (non-hydrogen) atoms. The van der Waals surface area contributed by atoms with Gasteiger partial charge in [-0.1, -0.05) is 212 Å². The third kappa shape index (κ3) is 5.32. The highest BCUT2D eigenvalue weighted by atomic mass is 15.0. The first kappa shape index (κ1) is 39.5. The van der Waals surface area contributed by atoms with Crippen LogP contribution < -0.4 is 0 Å². The van der Waals surface area contributed by atoms with Gasteiger partial charge in [0.1, 0.15) is 0 Å². The van der Waals surface area contributed by atoms with Gasteiger partial charge in [-0.15, -0.1) is 0 Å². The molecule has 1 heterocycles. The van der Waals surface area contributed by atoms with Crippen LogP contribution in [0.2, 0.25) is 0 Å². The molecule has 2 aliphatic rings. The van der Waals surface area contributed by atoms with Gasteiger partial charge in [-0.05, 0) is 170 Å². The maximum Gasteiger partial charge on any atom is 0.0725 e. The fourth-order valence-electron chi connectivity index (χ4n) is 13.4. The van der Waals surface area contributed by atoms with Crippen LogP contribution in [0.1, 0.15) is 22.3 Å². The monoisotopic (exact) mass is 909 g/mol. The number of hydrogen-bond donors (Lipinski definition) is 0. The van der Waals surface area contributed by atoms with Crippen LogP contribution >= 0.6 is 0 Å². The predicted molar refractivity (Wildman–Crippen MR) is 303 cm³/mol. The first-order valence-electron chi connectivity index (χ1n) is 25.2. The molecule has 0 amide bonds. The summed E-state index contributed by atoms with van der Waals surface area (Å²) in [6.45, 7) is 0. The van der Waals surface area contributed by atoms with E-state index in [-0.39, 0.29) is 0 Å². The van der Waals surface area contributed by atoms with Crippen LogP contribution in [0.5, 0.6) is 0 Å². The number of hydrogen-bond acceptors (Lipinski definition) is 0. The first-order chi connectivity index (χ1) is 35.7. The Morgan fingerprint density at radius 2 is 0.764 bits per heavy atom. The van der Waals surface area contributed by atoms with Crippen molar-refractivity contribution in [2.45, 2.75) is 5.41 Å². The van der Waals surface area contributed by atoms with Gasteiger partial charge in [0.25, 0.3) is 0 Å². The minimum Gasteiger partial charge on any atom is -0.309 e. The normalized spacial score (nSPS) is 13.1. The lowest BCUT2D eigenvalue weighted by molar-refractivity contribution is 0.795. The van der Waals surface area contributed by atoms with E-state index in [0.717, 1.165) is 0 Å². The zero-order chi connectivity index (χ0) is 47.1. The highest BCUT2D eigenvalue weighted by Gasteiger charge is 2.52. The van der Waals surface area contributed by atoms with Gasteiger partial charge in [0, 0.05) is 16.5 Å². The Hall–Kier alpha value is -9.30. The average Bonchev–Trinajstić information content (AvgIpc) is 4.05. The molecule has 13 aromatic carbocycles. The molecule has 0 bridgehead atoms. The molecule has 14 aromatic rings. The van der Waals surface area contributed by atoms with Crippen LogP contribution in [0.25, 0.3) is 126 Å². The Morgan fingerprint density at radius 3 is 1.47 bits per heavy atom. The summed E-state index contributed by atoms with van der Waals surface area (Å²) in [6, 6.07) is 97.8. The molecule has 0 aliphatic heterocycles. The van der Waals surface area contributed by atoms with Crippen molar-refractivity contribution >= 4 is 64.9 Å². The number of rotatable bonds is 4. The van der Waals surface area contributed by atoms with E-state index < -0.39 is 5.41 Å². The molecule has 0 saturated heterocycles. The van der Waals surface area contributed by atoms with Crippen LogP contribution in [0.15, 0.2) is 261 Å². The number of nitrogens with zero attached hydrogens (tertiary/aromatic N) is 1. The van der Waals surface area contributed by atoms with Crippen molar-refractivity contribution in [1.29, 1.82) is 0 Å². The lowest BCUT2D eigenvalue weighted by Gasteiger charge is -2.30. The van der Waals surface area contributed by atoms with Crippen LogP contribution in [0.4, 0.5) is 0 Å². The van der Waals surface area contributed by atoms with E-state index in [1.807, 2.05) is 0 Å². The number of aromatic nitrogens is 1. The molecule has 1 spiro atoms. The molecule has 1 aromatic heterocycles. The lowest BCUT2D eigenvalue weighted by Crippen LogP contribution is -2.25. The standard InChI is InChI=1S/C71H43N/c1-2-17-51(18-3-1)72-66-29-15-12-22-55(66)60-42-49(37-39-67(60)72)69-58-25-8-6-23-56(58)68(57-24-7-9-26-59(57)69)46-32-30-44(31-33-46)47-34-35-48-41-61-65(43-50(48)40-47)71(64-38-36-45-16-4-5-19-52(45)70(61)64)62-27-13-10-20-53(62)54-21-11-14-28-63(54)71/h1-43H. The summed E-state index contributed by atoms with van der Waals surface area (Å²) >= 11 is 0. The molecule has 0 saturated carbocycles. The predicted octanol–water partition coefficient (Wildman–Crippen LogP) is 18.7. The second kappa shape index (κ2) is 14.9. The Labute approximate surface area is 417 Å². The molecule has 0 N–H and O–H groups in total. The topological polar surface area (TPSA) is 4.93 Å². The van der Waals surface area contributed by atoms with E-state index in [1.54, 1.807) is 0 Å². The minimum atomic E-state index is -0.412.